The molecule has 1 amide bonds. The van der Waals surface area contributed by atoms with Gasteiger partial charge in [-0.05, 0) is 18.4 Å². The molecule has 4 heteroatoms. The molecule has 1 N–H and O–H groups in total. The number of nitrogens with zero attached hydrogens (tertiary/aromatic N) is 1. The van der Waals surface area contributed by atoms with Crippen LogP contribution in [-0.2, 0) is 10.2 Å². The Morgan fingerprint density at radius 3 is 2.39 bits per heavy atom. The smallest absolute Gasteiger partial charge is 0.407 e. The number of aldehydes is 1. The van der Waals surface area contributed by atoms with E-state index in [-0.39, 0.29) is 5.41 Å². The maximum Gasteiger partial charge on any atom is 0.407 e. The molecule has 1 heterocycles. The van der Waals surface area contributed by atoms with Crippen LogP contribution in [0.25, 0.3) is 0 Å². The van der Waals surface area contributed by atoms with Crippen molar-refractivity contribution in [1.82, 2.24) is 4.90 Å². The van der Waals surface area contributed by atoms with Gasteiger partial charge in [0.25, 0.3) is 0 Å². The summed E-state index contributed by atoms with van der Waals surface area (Å²) in [7, 11) is 0. The highest BCUT2D eigenvalue weighted by Crippen LogP contribution is 2.37. The SMILES string of the molecule is O=CCC1(c2ccccc2)CCN(C(=O)O)CC1. The quantitative estimate of drug-likeness (QED) is 0.834. The Labute approximate surface area is 106 Å². The van der Waals surface area contributed by atoms with Crippen LogP contribution in [0.4, 0.5) is 4.79 Å². The van der Waals surface area contributed by atoms with Crippen LogP contribution >= 0.6 is 0 Å². The van der Waals surface area contributed by atoms with Crippen molar-refractivity contribution in [3.05, 3.63) is 35.9 Å². The van der Waals surface area contributed by atoms with Gasteiger partial charge in [0, 0.05) is 24.9 Å². The van der Waals surface area contributed by atoms with E-state index in [1.807, 2.05) is 30.3 Å². The number of rotatable bonds is 3. The third-order valence-corrected chi connectivity index (χ3v) is 3.85. The van der Waals surface area contributed by atoms with E-state index in [1.54, 1.807) is 0 Å². The highest BCUT2D eigenvalue weighted by atomic mass is 16.4. The van der Waals surface area contributed by atoms with Gasteiger partial charge >= 0.3 is 6.09 Å². The minimum Gasteiger partial charge on any atom is -0.465 e. The molecule has 0 spiro atoms. The maximum atomic E-state index is 10.9. The molecule has 0 aromatic heterocycles. The third kappa shape index (κ3) is 2.37. The molecule has 0 atom stereocenters. The zero-order valence-electron chi connectivity index (χ0n) is 10.2. The Bertz CT molecular complexity index is 422. The van der Waals surface area contributed by atoms with Crippen molar-refractivity contribution in [3.63, 3.8) is 0 Å². The molecular weight excluding hydrogens is 230 g/mol. The van der Waals surface area contributed by atoms with Crippen molar-refractivity contribution >= 4 is 12.4 Å². The third-order valence-electron chi connectivity index (χ3n) is 3.85. The molecule has 1 aromatic carbocycles. The van der Waals surface area contributed by atoms with Gasteiger partial charge in [0.05, 0.1) is 0 Å². The number of carbonyl (C=O) groups excluding carboxylic acids is 1. The van der Waals surface area contributed by atoms with Crippen LogP contribution in [0.15, 0.2) is 30.3 Å². The fraction of sp³-hybridized carbons (Fsp3) is 0.429. The van der Waals surface area contributed by atoms with Crippen LogP contribution in [0.1, 0.15) is 24.8 Å². The highest BCUT2D eigenvalue weighted by molar-refractivity contribution is 5.65. The van der Waals surface area contributed by atoms with Gasteiger partial charge in [-0.15, -0.1) is 0 Å². The fourth-order valence-electron chi connectivity index (χ4n) is 2.69. The van der Waals surface area contributed by atoms with Gasteiger partial charge in [0.15, 0.2) is 0 Å². The molecule has 1 aliphatic heterocycles. The van der Waals surface area contributed by atoms with Gasteiger partial charge in [-0.2, -0.15) is 0 Å². The molecule has 4 nitrogen and oxygen atoms in total. The van der Waals surface area contributed by atoms with E-state index >= 15 is 0 Å². The number of hydrogen-bond donors (Lipinski definition) is 1. The van der Waals surface area contributed by atoms with Crippen molar-refractivity contribution < 1.29 is 14.7 Å². The first-order chi connectivity index (χ1) is 8.68. The summed E-state index contributed by atoms with van der Waals surface area (Å²) in [6.07, 6.45) is 1.96. The molecule has 1 fully saturated rings. The van der Waals surface area contributed by atoms with E-state index in [0.29, 0.717) is 32.4 Å². The van der Waals surface area contributed by atoms with Crippen molar-refractivity contribution in [2.75, 3.05) is 13.1 Å². The predicted molar refractivity (Wildman–Crippen MR) is 67.6 cm³/mol. The molecule has 1 aromatic rings. The Morgan fingerprint density at radius 2 is 1.89 bits per heavy atom. The molecule has 1 aliphatic rings. The summed E-state index contributed by atoms with van der Waals surface area (Å²) in [6.45, 7) is 0.996. The van der Waals surface area contributed by atoms with Crippen LogP contribution in [0.2, 0.25) is 0 Å². The molecular formula is C14H17NO3. The van der Waals surface area contributed by atoms with E-state index < -0.39 is 6.09 Å². The average Bonchev–Trinajstić information content (AvgIpc) is 2.40. The monoisotopic (exact) mass is 247 g/mol. The minimum absolute atomic E-state index is 0.186. The second kappa shape index (κ2) is 5.21. The minimum atomic E-state index is -0.872. The molecule has 2 rings (SSSR count). The largest absolute Gasteiger partial charge is 0.465 e. The van der Waals surface area contributed by atoms with Gasteiger partial charge in [-0.25, -0.2) is 4.79 Å². The summed E-state index contributed by atoms with van der Waals surface area (Å²) in [4.78, 5) is 23.3. The summed E-state index contributed by atoms with van der Waals surface area (Å²) in [5, 5.41) is 8.97. The number of carboxylic acid groups (broad SMARTS) is 1. The molecule has 0 aliphatic carbocycles. The molecule has 1 saturated heterocycles. The van der Waals surface area contributed by atoms with E-state index in [0.717, 1.165) is 11.8 Å². The van der Waals surface area contributed by atoms with Gasteiger partial charge in [-0.3, -0.25) is 0 Å². The van der Waals surface area contributed by atoms with E-state index in [9.17, 15) is 9.59 Å². The van der Waals surface area contributed by atoms with E-state index in [4.69, 9.17) is 5.11 Å². The lowest BCUT2D eigenvalue weighted by molar-refractivity contribution is -0.109. The molecule has 96 valence electrons. The van der Waals surface area contributed by atoms with Crippen LogP contribution in [0, 0.1) is 0 Å². The lowest BCUT2D eigenvalue weighted by Gasteiger charge is -2.40. The first kappa shape index (κ1) is 12.6. The number of carbonyl (C=O) groups is 2. The fourth-order valence-corrected chi connectivity index (χ4v) is 2.69. The molecule has 0 unspecified atom stereocenters. The predicted octanol–water partition coefficient (Wildman–Crippen LogP) is 2.29. The summed E-state index contributed by atoms with van der Waals surface area (Å²) < 4.78 is 0. The van der Waals surface area contributed by atoms with Crippen LogP contribution in [-0.4, -0.2) is 35.5 Å². The molecule has 18 heavy (non-hydrogen) atoms. The Hall–Kier alpha value is -1.84. The summed E-state index contributed by atoms with van der Waals surface area (Å²) in [5.74, 6) is 0. The zero-order chi connectivity index (χ0) is 13.0. The zero-order valence-corrected chi connectivity index (χ0v) is 10.2. The topological polar surface area (TPSA) is 57.6 Å². The van der Waals surface area contributed by atoms with Crippen molar-refractivity contribution in [2.24, 2.45) is 0 Å². The first-order valence-corrected chi connectivity index (χ1v) is 6.15. The normalized spacial score (nSPS) is 18.3. The summed E-state index contributed by atoms with van der Waals surface area (Å²) >= 11 is 0. The lowest BCUT2D eigenvalue weighted by Crippen LogP contribution is -2.44. The van der Waals surface area contributed by atoms with Gasteiger partial charge in [0.1, 0.15) is 6.29 Å². The molecule has 0 saturated carbocycles. The van der Waals surface area contributed by atoms with Gasteiger partial charge in [-0.1, -0.05) is 30.3 Å². The highest BCUT2D eigenvalue weighted by Gasteiger charge is 2.36. The van der Waals surface area contributed by atoms with Crippen molar-refractivity contribution in [2.45, 2.75) is 24.7 Å². The van der Waals surface area contributed by atoms with E-state index in [2.05, 4.69) is 0 Å². The standard InChI is InChI=1S/C14H17NO3/c16-11-8-14(12-4-2-1-3-5-12)6-9-15(10-7-14)13(17)18/h1-5,11H,6-10H2,(H,17,18). The number of amides is 1. The summed E-state index contributed by atoms with van der Waals surface area (Å²) in [5.41, 5.74) is 0.955. The van der Waals surface area contributed by atoms with Crippen LogP contribution < -0.4 is 0 Å². The Morgan fingerprint density at radius 1 is 1.28 bits per heavy atom. The van der Waals surface area contributed by atoms with Crippen molar-refractivity contribution in [3.8, 4) is 0 Å². The van der Waals surface area contributed by atoms with Gasteiger partial charge in [0.2, 0.25) is 0 Å². The first-order valence-electron chi connectivity index (χ1n) is 6.15. The van der Waals surface area contributed by atoms with Gasteiger partial charge < -0.3 is 14.8 Å². The van der Waals surface area contributed by atoms with Crippen LogP contribution in [0.5, 0.6) is 0 Å². The summed E-state index contributed by atoms with van der Waals surface area (Å²) in [6, 6.07) is 9.93. The van der Waals surface area contributed by atoms with E-state index in [1.165, 1.54) is 4.90 Å². The number of piperidine rings is 1. The maximum absolute atomic E-state index is 10.9. The Balaban J connectivity index is 2.20. The average molecular weight is 247 g/mol. The lowest BCUT2D eigenvalue weighted by atomic mass is 9.71. The number of likely N-dealkylation sites (tertiary alicyclic amines) is 1. The Kier molecular flexibility index (Phi) is 3.65. The number of hydrogen-bond acceptors (Lipinski definition) is 2. The van der Waals surface area contributed by atoms with Crippen molar-refractivity contribution in [1.29, 1.82) is 0 Å². The molecule has 0 bridgehead atoms. The second-order valence-electron chi connectivity index (χ2n) is 4.79. The molecule has 0 radical (unpaired) electrons. The number of benzene rings is 1. The van der Waals surface area contributed by atoms with Crippen LogP contribution in [0.3, 0.4) is 0 Å². The second-order valence-corrected chi connectivity index (χ2v) is 4.79.